The molecule has 0 saturated heterocycles. The topological polar surface area (TPSA) is 43.9 Å². The minimum Gasteiger partial charge on any atom is -0.501 e. The van der Waals surface area contributed by atoms with Gasteiger partial charge in [0.05, 0.1) is 30.5 Å². The van der Waals surface area contributed by atoms with Gasteiger partial charge in [-0.3, -0.25) is 4.98 Å². The number of thiophene rings is 1. The number of nitrogens with zero attached hydrogens (tertiary/aromatic N) is 3. The number of para-hydroxylation sites is 3. The molecule has 0 bridgehead atoms. The summed E-state index contributed by atoms with van der Waals surface area (Å²) in [6, 6.07) is 50.7. The van der Waals surface area contributed by atoms with Crippen LogP contribution in [-0.4, -0.2) is 22.6 Å². The van der Waals surface area contributed by atoms with Crippen LogP contribution >= 0.6 is 11.3 Å². The van der Waals surface area contributed by atoms with Crippen molar-refractivity contribution in [3.05, 3.63) is 157 Å². The molecule has 7 heteroatoms. The fourth-order valence-corrected chi connectivity index (χ4v) is 10.4. The summed E-state index contributed by atoms with van der Waals surface area (Å²) >= 11 is 1.83. The first-order valence-corrected chi connectivity index (χ1v) is 25.0. The standard InChI is InChI=1S/C31H17N2OS.C23H34NSi.Ir/c1-5-14-27-20(8-1)22-10-7-11-23(30(22)34-27)31-32-25-12-3-4-13-26(25)33(31)19-16-17-29-24(18-19)21-9-2-6-15-28(21)35-29;1-22(2,3)15-18-14-20(24-16-21(18)25(7,8)9)17-11-10-12-19(13-17)23(4,5)6;/h1-10,12-18H;10,12-14,16H,15H2,1-9H3;/q2*-1;/i;15D2;. The second-order valence-corrected chi connectivity index (χ2v) is 24.8. The second kappa shape index (κ2) is 16.3. The average Bonchev–Trinajstić information content (AvgIpc) is 3.94. The van der Waals surface area contributed by atoms with E-state index in [9.17, 15) is 0 Å². The molecular formula is C54H51IrN3OSSi-2. The number of aromatic nitrogens is 3. The molecular weight excluding hydrogens is 959 g/mol. The molecule has 0 unspecified atom stereocenters. The van der Waals surface area contributed by atoms with Crippen molar-refractivity contribution in [1.29, 1.82) is 0 Å². The zero-order valence-corrected chi connectivity index (χ0v) is 40.4. The molecule has 4 nitrogen and oxygen atoms in total. The van der Waals surface area contributed by atoms with Crippen LogP contribution in [0.2, 0.25) is 19.6 Å². The van der Waals surface area contributed by atoms with Gasteiger partial charge in [0.1, 0.15) is 5.58 Å². The summed E-state index contributed by atoms with van der Waals surface area (Å²) in [5, 5.41) is 5.82. The molecule has 309 valence electrons. The second-order valence-electron chi connectivity index (χ2n) is 18.7. The smallest absolute Gasteiger partial charge is 0.120 e. The Morgan fingerprint density at radius 1 is 0.738 bits per heavy atom. The van der Waals surface area contributed by atoms with Gasteiger partial charge in [-0.2, -0.15) is 0 Å². The van der Waals surface area contributed by atoms with E-state index in [1.807, 2.05) is 80.8 Å². The summed E-state index contributed by atoms with van der Waals surface area (Å²) in [6.07, 6.45) is 0.472. The predicted octanol–water partition coefficient (Wildman–Crippen LogP) is 14.7. The van der Waals surface area contributed by atoms with E-state index in [0.717, 1.165) is 72.1 Å². The van der Waals surface area contributed by atoms with Gasteiger partial charge in [-0.05, 0) is 70.5 Å². The van der Waals surface area contributed by atoms with Crippen LogP contribution in [0.3, 0.4) is 0 Å². The van der Waals surface area contributed by atoms with Crippen LogP contribution in [-0.2, 0) is 31.9 Å². The maximum absolute atomic E-state index is 8.89. The zero-order chi connectivity index (χ0) is 43.8. The summed E-state index contributed by atoms with van der Waals surface area (Å²) in [5.74, 6) is 0.828. The van der Waals surface area contributed by atoms with Crippen LogP contribution < -0.4 is 5.19 Å². The normalized spacial score (nSPS) is 13.0. The quantitative estimate of drug-likeness (QED) is 0.127. The van der Waals surface area contributed by atoms with Crippen molar-refractivity contribution in [2.45, 2.75) is 73.0 Å². The Morgan fingerprint density at radius 3 is 2.21 bits per heavy atom. The Balaban J connectivity index is 0.000000177. The fraction of sp³-hybridized carbons (Fsp3) is 0.222. The van der Waals surface area contributed by atoms with Crippen molar-refractivity contribution < 1.29 is 27.3 Å². The third-order valence-corrected chi connectivity index (χ3v) is 14.1. The molecule has 61 heavy (non-hydrogen) atoms. The van der Waals surface area contributed by atoms with Crippen LogP contribution in [0.15, 0.2) is 138 Å². The first-order chi connectivity index (χ1) is 29.4. The summed E-state index contributed by atoms with van der Waals surface area (Å²) in [4.78, 5) is 9.82. The molecule has 0 atom stereocenters. The van der Waals surface area contributed by atoms with Crippen LogP contribution in [0, 0.1) is 17.5 Å². The molecule has 0 saturated carbocycles. The number of benzene rings is 6. The van der Waals surface area contributed by atoms with Gasteiger partial charge in [-0.1, -0.05) is 132 Å². The minimum absolute atomic E-state index is 0. The van der Waals surface area contributed by atoms with Crippen molar-refractivity contribution >= 4 is 77.7 Å². The zero-order valence-electron chi connectivity index (χ0n) is 38.2. The molecule has 0 fully saturated rings. The SMILES string of the molecule is [2H]C([2H])(c1cc(-c2[c-]ccc(C(C)(C)C)c2)ncc1[Si](C)(C)C)C(C)(C)C.[Ir].[c-]1ccc2c(oc3ccccc32)c1-c1nc2ccccc2n1-c1ccc2sc3ccccc3c2c1. The number of fused-ring (bicyclic) bond motifs is 7. The number of pyridine rings is 1. The Hall–Kier alpha value is -5.17. The summed E-state index contributed by atoms with van der Waals surface area (Å²) in [6.45, 7) is 19.2. The Labute approximate surface area is 380 Å². The van der Waals surface area contributed by atoms with E-state index in [0.29, 0.717) is 0 Å². The van der Waals surface area contributed by atoms with Crippen LogP contribution in [0.1, 0.15) is 55.4 Å². The molecule has 0 N–H and O–H groups in total. The number of hydrogen-bond acceptors (Lipinski definition) is 4. The average molecular weight is 1010 g/mol. The Bertz CT molecular complexity index is 3310. The van der Waals surface area contributed by atoms with E-state index < -0.39 is 19.9 Å². The number of furan rings is 1. The number of hydrogen-bond donors (Lipinski definition) is 0. The summed E-state index contributed by atoms with van der Waals surface area (Å²) in [5.41, 5.74) is 8.91. The number of imidazole rings is 1. The van der Waals surface area contributed by atoms with Crippen molar-refractivity contribution in [2.24, 2.45) is 5.41 Å². The molecule has 4 aromatic heterocycles. The summed E-state index contributed by atoms with van der Waals surface area (Å²) in [7, 11) is -1.74. The monoisotopic (exact) mass is 1010 g/mol. The third kappa shape index (κ3) is 8.42. The molecule has 10 aromatic rings. The van der Waals surface area contributed by atoms with Gasteiger partial charge < -0.3 is 14.0 Å². The van der Waals surface area contributed by atoms with Gasteiger partial charge in [-0.25, -0.2) is 0 Å². The van der Waals surface area contributed by atoms with Crippen LogP contribution in [0.25, 0.3) is 81.5 Å². The first kappa shape index (κ1) is 39.9. The van der Waals surface area contributed by atoms with Crippen molar-refractivity contribution in [3.63, 3.8) is 0 Å². The molecule has 0 amide bonds. The molecule has 6 aromatic carbocycles. The van der Waals surface area contributed by atoms with E-state index >= 15 is 0 Å². The molecule has 0 aliphatic heterocycles. The van der Waals surface area contributed by atoms with Gasteiger partial charge in [0.2, 0.25) is 0 Å². The van der Waals surface area contributed by atoms with Gasteiger partial charge in [0.15, 0.2) is 0 Å². The van der Waals surface area contributed by atoms with Gasteiger partial charge >= 0.3 is 0 Å². The molecule has 1 radical (unpaired) electrons. The molecule has 0 aliphatic rings. The van der Waals surface area contributed by atoms with Crippen LogP contribution in [0.4, 0.5) is 0 Å². The Kier molecular flexibility index (Phi) is 10.6. The van der Waals surface area contributed by atoms with Crippen molar-refractivity contribution in [2.75, 3.05) is 0 Å². The molecule has 10 rings (SSSR count). The van der Waals surface area contributed by atoms with E-state index in [4.69, 9.17) is 17.1 Å². The minimum atomic E-state index is -1.74. The van der Waals surface area contributed by atoms with E-state index in [-0.39, 0.29) is 25.5 Å². The van der Waals surface area contributed by atoms with E-state index in [1.165, 1.54) is 25.7 Å². The van der Waals surface area contributed by atoms with Crippen molar-refractivity contribution in [1.82, 2.24) is 14.5 Å². The maximum Gasteiger partial charge on any atom is 0.120 e. The molecule has 0 spiro atoms. The molecule has 4 heterocycles. The fourth-order valence-electron chi connectivity index (χ4n) is 7.95. The van der Waals surface area contributed by atoms with Gasteiger partial charge in [-0.15, -0.1) is 64.9 Å². The molecule has 0 aliphatic carbocycles. The van der Waals surface area contributed by atoms with E-state index in [1.54, 1.807) is 0 Å². The maximum atomic E-state index is 8.89. The third-order valence-electron chi connectivity index (χ3n) is 10.9. The predicted molar refractivity (Wildman–Crippen MR) is 259 cm³/mol. The van der Waals surface area contributed by atoms with E-state index in [2.05, 4.69) is 142 Å². The largest absolute Gasteiger partial charge is 0.501 e. The van der Waals surface area contributed by atoms with Gasteiger partial charge in [0.25, 0.3) is 0 Å². The van der Waals surface area contributed by atoms with Crippen LogP contribution in [0.5, 0.6) is 0 Å². The van der Waals surface area contributed by atoms with Crippen molar-refractivity contribution in [3.8, 4) is 28.3 Å². The van der Waals surface area contributed by atoms with Gasteiger partial charge in [0, 0.05) is 60.3 Å². The summed E-state index contributed by atoms with van der Waals surface area (Å²) < 4.78 is 29.0. The first-order valence-electron chi connectivity index (χ1n) is 21.7. The number of rotatable bonds is 5. The Morgan fingerprint density at radius 2 is 1.44 bits per heavy atom.